The molecule has 1 fully saturated rings. The first kappa shape index (κ1) is 15.4. The zero-order valence-corrected chi connectivity index (χ0v) is 10.8. The van der Waals surface area contributed by atoms with E-state index >= 15 is 0 Å². The predicted octanol–water partition coefficient (Wildman–Crippen LogP) is 0.282. The summed E-state index contributed by atoms with van der Waals surface area (Å²) < 4.78 is 15.2. The highest BCUT2D eigenvalue weighted by Gasteiger charge is 2.41. The number of aliphatic hydroxyl groups is 1. The van der Waals surface area contributed by atoms with Gasteiger partial charge in [0.15, 0.2) is 0 Å². The van der Waals surface area contributed by atoms with Gasteiger partial charge in [-0.15, -0.1) is 0 Å². The van der Waals surface area contributed by atoms with Crippen molar-refractivity contribution in [2.75, 3.05) is 40.1 Å². The molecule has 0 spiro atoms. The lowest BCUT2D eigenvalue weighted by molar-refractivity contribution is -0.158. The van der Waals surface area contributed by atoms with E-state index in [2.05, 4.69) is 0 Å². The molecule has 1 atom stereocenters. The molecule has 0 radical (unpaired) electrons. The first-order chi connectivity index (χ1) is 8.60. The predicted molar refractivity (Wildman–Crippen MR) is 63.4 cm³/mol. The second kappa shape index (κ2) is 7.68. The summed E-state index contributed by atoms with van der Waals surface area (Å²) in [6, 6.07) is 0. The van der Waals surface area contributed by atoms with Gasteiger partial charge in [-0.2, -0.15) is 0 Å². The lowest BCUT2D eigenvalue weighted by Gasteiger charge is -2.34. The van der Waals surface area contributed by atoms with Gasteiger partial charge >= 0.3 is 5.97 Å². The van der Waals surface area contributed by atoms with Gasteiger partial charge in [-0.1, -0.05) is 0 Å². The molecule has 1 saturated heterocycles. The van der Waals surface area contributed by atoms with Crippen LogP contribution in [0.2, 0.25) is 0 Å². The second-order valence-corrected chi connectivity index (χ2v) is 4.62. The average molecular weight is 262 g/mol. The summed E-state index contributed by atoms with van der Waals surface area (Å²) in [4.78, 5) is 11.4. The third-order valence-corrected chi connectivity index (χ3v) is 3.27. The number of carboxylic acid groups (broad SMARTS) is 1. The van der Waals surface area contributed by atoms with Gasteiger partial charge in [0.25, 0.3) is 0 Å². The number of carbonyl (C=O) groups is 1. The number of aliphatic hydroxyl groups excluding tert-OH is 1. The van der Waals surface area contributed by atoms with Gasteiger partial charge in [0.05, 0.1) is 31.3 Å². The van der Waals surface area contributed by atoms with Crippen molar-refractivity contribution in [3.05, 3.63) is 0 Å². The van der Waals surface area contributed by atoms with Crippen molar-refractivity contribution >= 4 is 5.97 Å². The van der Waals surface area contributed by atoms with Gasteiger partial charge in [0, 0.05) is 20.3 Å². The van der Waals surface area contributed by atoms with Crippen LogP contribution in [0.1, 0.15) is 19.3 Å². The number of rotatable bonds is 8. The van der Waals surface area contributed by atoms with E-state index < -0.39 is 17.5 Å². The van der Waals surface area contributed by atoms with Crippen LogP contribution in [-0.2, 0) is 19.0 Å². The van der Waals surface area contributed by atoms with Crippen LogP contribution < -0.4 is 0 Å². The minimum atomic E-state index is -0.873. The van der Waals surface area contributed by atoms with Crippen LogP contribution in [0.4, 0.5) is 0 Å². The number of hydrogen-bond donors (Lipinski definition) is 2. The van der Waals surface area contributed by atoms with Crippen LogP contribution in [0.5, 0.6) is 0 Å². The molecule has 1 unspecified atom stereocenters. The number of ether oxygens (including phenoxy) is 3. The minimum Gasteiger partial charge on any atom is -0.481 e. The molecule has 0 saturated carbocycles. The molecule has 1 aliphatic heterocycles. The zero-order chi connectivity index (χ0) is 13.4. The second-order valence-electron chi connectivity index (χ2n) is 4.62. The van der Waals surface area contributed by atoms with Crippen molar-refractivity contribution in [1.82, 2.24) is 0 Å². The fourth-order valence-corrected chi connectivity index (χ4v) is 2.14. The minimum absolute atomic E-state index is 0.138. The Kier molecular flexibility index (Phi) is 6.56. The molecule has 1 heterocycles. The highest BCUT2D eigenvalue weighted by atomic mass is 16.5. The van der Waals surface area contributed by atoms with E-state index in [1.807, 2.05) is 0 Å². The van der Waals surface area contributed by atoms with Crippen molar-refractivity contribution in [3.63, 3.8) is 0 Å². The molecule has 6 heteroatoms. The molecule has 0 aliphatic carbocycles. The van der Waals surface area contributed by atoms with Crippen molar-refractivity contribution in [2.45, 2.75) is 25.4 Å². The number of carboxylic acids is 1. The van der Waals surface area contributed by atoms with Gasteiger partial charge in [-0.25, -0.2) is 0 Å². The van der Waals surface area contributed by atoms with E-state index in [1.54, 1.807) is 7.11 Å². The molecule has 0 aromatic rings. The molecule has 106 valence electrons. The highest BCUT2D eigenvalue weighted by molar-refractivity contribution is 5.74. The third-order valence-electron chi connectivity index (χ3n) is 3.27. The molecule has 2 N–H and O–H groups in total. The first-order valence-electron chi connectivity index (χ1n) is 6.16. The van der Waals surface area contributed by atoms with Gasteiger partial charge in [-0.05, 0) is 19.3 Å². The van der Waals surface area contributed by atoms with Crippen LogP contribution in [0, 0.1) is 5.41 Å². The molecule has 0 aromatic carbocycles. The van der Waals surface area contributed by atoms with Crippen LogP contribution in [0.25, 0.3) is 0 Å². The van der Waals surface area contributed by atoms with Crippen LogP contribution in [-0.4, -0.2) is 62.4 Å². The van der Waals surface area contributed by atoms with Crippen molar-refractivity contribution in [3.8, 4) is 0 Å². The quantitative estimate of drug-likeness (QED) is 0.611. The van der Waals surface area contributed by atoms with E-state index in [1.165, 1.54) is 0 Å². The molecular formula is C12H22O6. The Balaban J connectivity index is 2.38. The molecule has 0 bridgehead atoms. The summed E-state index contributed by atoms with van der Waals surface area (Å²) in [5.41, 5.74) is -0.873. The third kappa shape index (κ3) is 4.53. The number of hydrogen-bond acceptors (Lipinski definition) is 5. The number of aliphatic carboxylic acids is 1. The van der Waals surface area contributed by atoms with E-state index in [4.69, 9.17) is 14.2 Å². The Hall–Kier alpha value is -0.690. The lowest BCUT2D eigenvalue weighted by atomic mass is 9.76. The smallest absolute Gasteiger partial charge is 0.309 e. The van der Waals surface area contributed by atoms with Gasteiger partial charge < -0.3 is 24.4 Å². The Bertz CT molecular complexity index is 249. The fraction of sp³-hybridized carbons (Fsp3) is 0.917. The molecule has 6 nitrogen and oxygen atoms in total. The first-order valence-corrected chi connectivity index (χ1v) is 6.16. The SMILES string of the molecule is COCCOCC(O)CC1(C(=O)O)CCOCC1. The average Bonchev–Trinajstić information content (AvgIpc) is 2.35. The summed E-state index contributed by atoms with van der Waals surface area (Å²) in [6.45, 7) is 1.87. The highest BCUT2D eigenvalue weighted by Crippen LogP contribution is 2.35. The Morgan fingerprint density at radius 1 is 1.39 bits per heavy atom. The Morgan fingerprint density at radius 2 is 2.06 bits per heavy atom. The van der Waals surface area contributed by atoms with Crippen molar-refractivity contribution in [2.24, 2.45) is 5.41 Å². The van der Waals surface area contributed by atoms with Crippen LogP contribution in [0.15, 0.2) is 0 Å². The van der Waals surface area contributed by atoms with E-state index in [0.29, 0.717) is 39.3 Å². The molecule has 0 aromatic heterocycles. The summed E-state index contributed by atoms with van der Waals surface area (Å²) in [6.07, 6.45) is 0.323. The fourth-order valence-electron chi connectivity index (χ4n) is 2.14. The van der Waals surface area contributed by atoms with Crippen LogP contribution in [0.3, 0.4) is 0 Å². The normalized spacial score (nSPS) is 20.6. The zero-order valence-electron chi connectivity index (χ0n) is 10.8. The molecule has 18 heavy (non-hydrogen) atoms. The van der Waals surface area contributed by atoms with E-state index in [9.17, 15) is 15.0 Å². The maximum absolute atomic E-state index is 11.4. The summed E-state index contributed by atoms with van der Waals surface area (Å²) >= 11 is 0. The Labute approximate surface area is 107 Å². The summed E-state index contributed by atoms with van der Waals surface area (Å²) in [7, 11) is 1.57. The van der Waals surface area contributed by atoms with Gasteiger partial charge in [0.2, 0.25) is 0 Å². The summed E-state index contributed by atoms with van der Waals surface area (Å²) in [5.74, 6) is -0.859. The molecular weight excluding hydrogens is 240 g/mol. The standard InChI is InChI=1S/C12H22O6/c1-16-6-7-18-9-10(13)8-12(11(14)15)2-4-17-5-3-12/h10,13H,2-9H2,1H3,(H,14,15). The van der Waals surface area contributed by atoms with Crippen molar-refractivity contribution < 1.29 is 29.2 Å². The van der Waals surface area contributed by atoms with Gasteiger partial charge in [0.1, 0.15) is 0 Å². The molecule has 1 rings (SSSR count). The molecule has 0 amide bonds. The van der Waals surface area contributed by atoms with E-state index in [0.717, 1.165) is 0 Å². The molecule has 1 aliphatic rings. The monoisotopic (exact) mass is 262 g/mol. The topological polar surface area (TPSA) is 85.2 Å². The lowest BCUT2D eigenvalue weighted by Crippen LogP contribution is -2.41. The van der Waals surface area contributed by atoms with Crippen molar-refractivity contribution in [1.29, 1.82) is 0 Å². The maximum atomic E-state index is 11.4. The summed E-state index contributed by atoms with van der Waals surface area (Å²) in [5, 5.41) is 19.2. The largest absolute Gasteiger partial charge is 0.481 e. The Morgan fingerprint density at radius 3 is 2.61 bits per heavy atom. The number of methoxy groups -OCH3 is 1. The van der Waals surface area contributed by atoms with E-state index in [-0.39, 0.29) is 13.0 Å². The van der Waals surface area contributed by atoms with Crippen LogP contribution >= 0.6 is 0 Å². The van der Waals surface area contributed by atoms with Gasteiger partial charge in [-0.3, -0.25) is 4.79 Å². The maximum Gasteiger partial charge on any atom is 0.309 e.